The summed E-state index contributed by atoms with van der Waals surface area (Å²) in [5.74, 6) is 0. The van der Waals surface area contributed by atoms with Crippen LogP contribution >= 0.6 is 8.22 Å². The summed E-state index contributed by atoms with van der Waals surface area (Å²) in [6, 6.07) is 10.3. The van der Waals surface area contributed by atoms with Gasteiger partial charge in [0, 0.05) is 49.3 Å². The van der Waals surface area contributed by atoms with Gasteiger partial charge in [-0.1, -0.05) is 12.1 Å². The Bertz CT molecular complexity index is 495. The zero-order valence-electron chi connectivity index (χ0n) is 15.9. The second-order valence-electron chi connectivity index (χ2n) is 7.69. The van der Waals surface area contributed by atoms with Gasteiger partial charge in [-0.3, -0.25) is 9.34 Å². The van der Waals surface area contributed by atoms with Crippen molar-refractivity contribution in [3.63, 3.8) is 0 Å². The summed E-state index contributed by atoms with van der Waals surface area (Å²) in [6.45, 7) is 14.4. The normalized spacial score (nSPS) is 20.0. The van der Waals surface area contributed by atoms with Crippen molar-refractivity contribution in [2.45, 2.75) is 65.5 Å². The highest BCUT2D eigenvalue weighted by atomic mass is 31.1. The highest BCUT2D eigenvalue weighted by molar-refractivity contribution is 7.61. The summed E-state index contributed by atoms with van der Waals surface area (Å²) in [4.78, 5) is 2.61. The van der Waals surface area contributed by atoms with Crippen LogP contribution in [0.4, 0.5) is 5.69 Å². The average Bonchev–Trinajstić information content (AvgIpc) is 3.22. The fourth-order valence-electron chi connectivity index (χ4n) is 4.27. The average molecular weight is 347 g/mol. The van der Waals surface area contributed by atoms with E-state index in [-0.39, 0.29) is 8.22 Å². The van der Waals surface area contributed by atoms with Crippen molar-refractivity contribution in [3.05, 3.63) is 24.3 Å². The first-order valence-corrected chi connectivity index (χ1v) is 11.0. The molecule has 3 rings (SSSR count). The largest absolute Gasteiger partial charge is 0.366 e. The second kappa shape index (κ2) is 8.17. The Morgan fingerprint density at radius 3 is 1.71 bits per heavy atom. The Morgan fingerprint density at radius 2 is 1.25 bits per heavy atom. The number of anilines is 1. The molecule has 0 unspecified atom stereocenters. The zero-order chi connectivity index (χ0) is 17.1. The molecule has 24 heavy (non-hydrogen) atoms. The van der Waals surface area contributed by atoms with Gasteiger partial charge in [0.05, 0.1) is 8.22 Å². The standard InChI is InChI=1S/C20H34N3P/c1-17(2)23(18(3)4)19-11-5-6-12-20(19)24(21-13-7-8-14-21)22-15-9-10-16-22/h5-6,11-12,17-18H,7-10,13-16H2,1-4H3. The maximum Gasteiger partial charge on any atom is 0.0745 e. The van der Waals surface area contributed by atoms with Crippen molar-refractivity contribution in [2.24, 2.45) is 0 Å². The molecule has 134 valence electrons. The fourth-order valence-corrected chi connectivity index (χ4v) is 7.17. The lowest BCUT2D eigenvalue weighted by molar-refractivity contribution is 0.482. The molecule has 2 aliphatic heterocycles. The van der Waals surface area contributed by atoms with Crippen LogP contribution in [0.15, 0.2) is 24.3 Å². The van der Waals surface area contributed by atoms with E-state index in [9.17, 15) is 0 Å². The summed E-state index contributed by atoms with van der Waals surface area (Å²) in [6.07, 6.45) is 5.47. The number of rotatable bonds is 6. The molecule has 0 aliphatic carbocycles. The molecule has 2 saturated heterocycles. The van der Waals surface area contributed by atoms with Crippen LogP contribution in [0.1, 0.15) is 53.4 Å². The first kappa shape index (κ1) is 18.2. The Labute approximate surface area is 149 Å². The Balaban J connectivity index is 2.00. The predicted molar refractivity (Wildman–Crippen MR) is 107 cm³/mol. The highest BCUT2D eigenvalue weighted by Gasteiger charge is 2.33. The van der Waals surface area contributed by atoms with Gasteiger partial charge in [0.1, 0.15) is 0 Å². The molecule has 4 heteroatoms. The van der Waals surface area contributed by atoms with E-state index >= 15 is 0 Å². The van der Waals surface area contributed by atoms with Crippen LogP contribution in [0.2, 0.25) is 0 Å². The van der Waals surface area contributed by atoms with Gasteiger partial charge in [-0.05, 0) is 65.5 Å². The molecule has 0 amide bonds. The van der Waals surface area contributed by atoms with Gasteiger partial charge < -0.3 is 4.90 Å². The zero-order valence-corrected chi connectivity index (χ0v) is 16.8. The van der Waals surface area contributed by atoms with Crippen molar-refractivity contribution in [1.29, 1.82) is 0 Å². The van der Waals surface area contributed by atoms with Gasteiger partial charge in [0.2, 0.25) is 0 Å². The minimum atomic E-state index is -0.336. The van der Waals surface area contributed by atoms with Crippen LogP contribution in [0.5, 0.6) is 0 Å². The Morgan fingerprint density at radius 1 is 0.792 bits per heavy atom. The van der Waals surface area contributed by atoms with E-state index in [2.05, 4.69) is 66.2 Å². The van der Waals surface area contributed by atoms with Gasteiger partial charge in [0.25, 0.3) is 0 Å². The van der Waals surface area contributed by atoms with Crippen LogP contribution in [-0.4, -0.2) is 47.6 Å². The molecule has 0 saturated carbocycles. The number of nitrogens with zero attached hydrogens (tertiary/aromatic N) is 3. The first-order chi connectivity index (χ1) is 11.6. The molecule has 2 fully saturated rings. The van der Waals surface area contributed by atoms with E-state index in [1.807, 2.05) is 0 Å². The Hall–Kier alpha value is -0.630. The number of hydrogen-bond donors (Lipinski definition) is 0. The molecule has 1 aromatic carbocycles. The van der Waals surface area contributed by atoms with E-state index in [0.717, 1.165) is 0 Å². The first-order valence-electron chi connectivity index (χ1n) is 9.77. The summed E-state index contributed by atoms with van der Waals surface area (Å²) in [5, 5.41) is 1.58. The van der Waals surface area contributed by atoms with E-state index in [1.54, 1.807) is 5.30 Å². The van der Waals surface area contributed by atoms with E-state index in [1.165, 1.54) is 57.5 Å². The lowest BCUT2D eigenvalue weighted by Crippen LogP contribution is -2.41. The molecule has 0 aromatic heterocycles. The van der Waals surface area contributed by atoms with Gasteiger partial charge in [0.15, 0.2) is 0 Å². The van der Waals surface area contributed by atoms with Crippen molar-refractivity contribution < 1.29 is 0 Å². The predicted octanol–water partition coefficient (Wildman–Crippen LogP) is 4.44. The monoisotopic (exact) mass is 347 g/mol. The summed E-state index contributed by atoms with van der Waals surface area (Å²) in [7, 11) is -0.336. The van der Waals surface area contributed by atoms with E-state index in [4.69, 9.17) is 0 Å². The summed E-state index contributed by atoms with van der Waals surface area (Å²) >= 11 is 0. The summed E-state index contributed by atoms with van der Waals surface area (Å²) < 4.78 is 5.58. The molecule has 0 radical (unpaired) electrons. The molecule has 0 bridgehead atoms. The van der Waals surface area contributed by atoms with Crippen LogP contribution in [0.3, 0.4) is 0 Å². The Kier molecular flexibility index (Phi) is 6.18. The van der Waals surface area contributed by atoms with E-state index in [0.29, 0.717) is 12.1 Å². The molecule has 0 atom stereocenters. The smallest absolute Gasteiger partial charge is 0.0745 e. The van der Waals surface area contributed by atoms with Gasteiger partial charge in [-0.2, -0.15) is 0 Å². The van der Waals surface area contributed by atoms with Crippen LogP contribution < -0.4 is 10.2 Å². The minimum absolute atomic E-state index is 0.336. The fraction of sp³-hybridized carbons (Fsp3) is 0.700. The van der Waals surface area contributed by atoms with Crippen LogP contribution in [-0.2, 0) is 0 Å². The van der Waals surface area contributed by atoms with Crippen LogP contribution in [0.25, 0.3) is 0 Å². The summed E-state index contributed by atoms with van der Waals surface area (Å²) in [5.41, 5.74) is 1.47. The minimum Gasteiger partial charge on any atom is -0.366 e. The molecule has 0 N–H and O–H groups in total. The quantitative estimate of drug-likeness (QED) is 0.705. The van der Waals surface area contributed by atoms with E-state index < -0.39 is 0 Å². The molecule has 2 aliphatic rings. The maximum absolute atomic E-state index is 2.79. The molecule has 0 spiro atoms. The SMILES string of the molecule is CC(C)N(c1ccccc1P(N1CCCC1)N1CCCC1)C(C)C. The maximum atomic E-state index is 2.79. The lowest BCUT2D eigenvalue weighted by Gasteiger charge is -2.40. The topological polar surface area (TPSA) is 9.72 Å². The number of hydrogen-bond acceptors (Lipinski definition) is 3. The second-order valence-corrected chi connectivity index (χ2v) is 9.89. The van der Waals surface area contributed by atoms with Crippen LogP contribution in [0, 0.1) is 0 Å². The number of benzene rings is 1. The number of para-hydroxylation sites is 1. The third-order valence-electron chi connectivity index (χ3n) is 5.19. The third-order valence-corrected chi connectivity index (χ3v) is 7.87. The molecule has 1 aromatic rings. The molecule has 2 heterocycles. The molecule has 3 nitrogen and oxygen atoms in total. The third kappa shape index (κ3) is 3.79. The van der Waals surface area contributed by atoms with Gasteiger partial charge >= 0.3 is 0 Å². The van der Waals surface area contributed by atoms with Crippen molar-refractivity contribution in [2.75, 3.05) is 31.1 Å². The van der Waals surface area contributed by atoms with Gasteiger partial charge in [-0.25, -0.2) is 0 Å². The molecular formula is C20H34N3P. The van der Waals surface area contributed by atoms with Crippen molar-refractivity contribution >= 4 is 19.2 Å². The lowest BCUT2D eigenvalue weighted by atomic mass is 10.2. The van der Waals surface area contributed by atoms with Crippen molar-refractivity contribution in [1.82, 2.24) is 9.34 Å². The van der Waals surface area contributed by atoms with Gasteiger partial charge in [-0.15, -0.1) is 0 Å². The molecular weight excluding hydrogens is 313 g/mol. The van der Waals surface area contributed by atoms with Crippen molar-refractivity contribution in [3.8, 4) is 0 Å². The highest BCUT2D eigenvalue weighted by Crippen LogP contribution is 2.49.